The van der Waals surface area contributed by atoms with Crippen molar-refractivity contribution in [3.63, 3.8) is 0 Å². The highest BCUT2D eigenvalue weighted by Gasteiger charge is 2.62. The van der Waals surface area contributed by atoms with Gasteiger partial charge < -0.3 is 30.1 Å². The Morgan fingerprint density at radius 3 is 2.45 bits per heavy atom. The number of likely N-dealkylation sites (tertiary alicyclic amines) is 1. The van der Waals surface area contributed by atoms with Crippen LogP contribution in [-0.4, -0.2) is 94.8 Å². The van der Waals surface area contributed by atoms with Crippen molar-refractivity contribution in [1.29, 1.82) is 0 Å². The molecule has 0 bridgehead atoms. The minimum absolute atomic E-state index is 0.0321. The van der Waals surface area contributed by atoms with Gasteiger partial charge in [-0.1, -0.05) is 26.8 Å². The summed E-state index contributed by atoms with van der Waals surface area (Å²) in [5.74, 6) is -2.05. The number of carbonyl (C=O) groups is 4. The quantitative estimate of drug-likeness (QED) is 0.253. The monoisotopic (exact) mass is 672 g/mol. The molecule has 2 heterocycles. The zero-order valence-electron chi connectivity index (χ0n) is 26.9. The maximum Gasteiger partial charge on any atom is 0.405 e. The molecule has 15 nitrogen and oxygen atoms in total. The highest BCUT2D eigenvalue weighted by molar-refractivity contribution is 7.91. The van der Waals surface area contributed by atoms with Crippen LogP contribution in [0.3, 0.4) is 0 Å². The van der Waals surface area contributed by atoms with Crippen LogP contribution < -0.4 is 24.8 Å². The lowest BCUT2D eigenvalue weighted by atomic mass is 9.85. The van der Waals surface area contributed by atoms with Gasteiger partial charge in [0.25, 0.3) is 5.91 Å². The highest BCUT2D eigenvalue weighted by atomic mass is 32.2. The first-order valence-corrected chi connectivity index (χ1v) is 16.8. The van der Waals surface area contributed by atoms with Gasteiger partial charge in [0.15, 0.2) is 0 Å². The van der Waals surface area contributed by atoms with Crippen LogP contribution in [-0.2, 0) is 24.4 Å². The van der Waals surface area contributed by atoms with Gasteiger partial charge in [-0.3, -0.25) is 19.1 Å². The Kier molecular flexibility index (Phi) is 8.85. The zero-order valence-corrected chi connectivity index (χ0v) is 27.7. The van der Waals surface area contributed by atoms with Gasteiger partial charge in [-0.15, -0.1) is 6.58 Å². The zero-order chi connectivity index (χ0) is 34.5. The maximum atomic E-state index is 14.0. The molecule has 1 unspecified atom stereocenters. The third-order valence-electron chi connectivity index (χ3n) is 8.76. The minimum Gasteiger partial charge on any atom is -0.497 e. The lowest BCUT2D eigenvalue weighted by Crippen LogP contribution is -2.60. The third-order valence-corrected chi connectivity index (χ3v) is 10.6. The van der Waals surface area contributed by atoms with Crippen molar-refractivity contribution in [2.24, 2.45) is 11.3 Å². The molecule has 0 spiro atoms. The molecule has 1 saturated heterocycles. The topological polar surface area (TPSA) is 206 Å². The number of nitrogens with zero attached hydrogens (tertiary/aromatic N) is 3. The first kappa shape index (κ1) is 33.9. The predicted octanol–water partition coefficient (Wildman–Crippen LogP) is 1.65. The number of ether oxygens (including phenoxy) is 2. The van der Waals surface area contributed by atoms with E-state index in [0.29, 0.717) is 35.3 Å². The Morgan fingerprint density at radius 1 is 1.17 bits per heavy atom. The van der Waals surface area contributed by atoms with E-state index in [0.717, 1.165) is 0 Å². The summed E-state index contributed by atoms with van der Waals surface area (Å²) in [6, 6.07) is 2.78. The van der Waals surface area contributed by atoms with E-state index in [2.05, 4.69) is 31.9 Å². The second-order valence-corrected chi connectivity index (χ2v) is 15.3. The number of aryl methyl sites for hydroxylation is 1. The molecule has 16 heteroatoms. The molecule has 1 aliphatic heterocycles. The fourth-order valence-corrected chi connectivity index (χ4v) is 7.20. The molecule has 5 atom stereocenters. The Morgan fingerprint density at radius 2 is 1.87 bits per heavy atom. The van der Waals surface area contributed by atoms with Crippen molar-refractivity contribution >= 4 is 44.9 Å². The Hall–Kier alpha value is -4.47. The van der Waals surface area contributed by atoms with Crippen molar-refractivity contribution in [2.75, 3.05) is 13.7 Å². The van der Waals surface area contributed by atoms with E-state index in [4.69, 9.17) is 9.47 Å². The molecule has 1 aromatic carbocycles. The number of fused-ring (bicyclic) bond motifs is 1. The number of aromatic nitrogens is 2. The van der Waals surface area contributed by atoms with E-state index < -0.39 is 74.1 Å². The lowest BCUT2D eigenvalue weighted by Gasteiger charge is -2.35. The highest BCUT2D eigenvalue weighted by Crippen LogP contribution is 2.45. The van der Waals surface area contributed by atoms with E-state index in [1.807, 2.05) is 0 Å². The summed E-state index contributed by atoms with van der Waals surface area (Å²) in [5, 5.41) is 13.8. The molecule has 2 aromatic rings. The fraction of sp³-hybridized carbons (Fsp3) is 0.548. The number of carboxylic acid groups (broad SMARTS) is 1. The maximum absolute atomic E-state index is 14.0. The van der Waals surface area contributed by atoms with Crippen molar-refractivity contribution in [2.45, 2.75) is 82.4 Å². The summed E-state index contributed by atoms with van der Waals surface area (Å²) >= 11 is 0. The van der Waals surface area contributed by atoms with E-state index >= 15 is 0 Å². The average molecular weight is 673 g/mol. The van der Waals surface area contributed by atoms with Crippen LogP contribution in [0.2, 0.25) is 0 Å². The average Bonchev–Trinajstić information content (AvgIpc) is 3.92. The summed E-state index contributed by atoms with van der Waals surface area (Å²) < 4.78 is 38.8. The molecule has 2 saturated carbocycles. The Balaban J connectivity index is 1.44. The van der Waals surface area contributed by atoms with E-state index in [1.165, 1.54) is 18.1 Å². The molecule has 47 heavy (non-hydrogen) atoms. The van der Waals surface area contributed by atoms with Gasteiger partial charge in [0.05, 0.1) is 29.9 Å². The number of benzene rings is 1. The molecule has 2 aliphatic carbocycles. The van der Waals surface area contributed by atoms with E-state index in [9.17, 15) is 32.7 Å². The number of rotatable bonds is 11. The van der Waals surface area contributed by atoms with Gasteiger partial charge in [0.2, 0.25) is 27.7 Å². The normalized spacial score (nSPS) is 24.6. The van der Waals surface area contributed by atoms with Crippen LogP contribution in [0.1, 0.15) is 52.1 Å². The van der Waals surface area contributed by atoms with Crippen molar-refractivity contribution in [3.8, 4) is 11.6 Å². The largest absolute Gasteiger partial charge is 0.497 e. The molecule has 4 N–H and O–H groups in total. The molecule has 4 amide bonds. The van der Waals surface area contributed by atoms with E-state index in [-0.39, 0.29) is 25.3 Å². The number of amides is 4. The molecule has 1 aromatic heterocycles. The van der Waals surface area contributed by atoms with Crippen LogP contribution in [0.15, 0.2) is 30.9 Å². The van der Waals surface area contributed by atoms with Gasteiger partial charge in [0.1, 0.15) is 35.2 Å². The van der Waals surface area contributed by atoms with Crippen LogP contribution >= 0.6 is 0 Å². The molecule has 254 valence electrons. The Labute approximate surface area is 272 Å². The summed E-state index contributed by atoms with van der Waals surface area (Å²) in [7, 11) is -2.38. The third kappa shape index (κ3) is 6.96. The number of hydrogen-bond donors (Lipinski definition) is 4. The molecule has 3 aliphatic rings. The van der Waals surface area contributed by atoms with Crippen LogP contribution in [0, 0.1) is 18.3 Å². The number of carbonyl (C=O) groups excluding carboxylic acids is 3. The standard InChI is InChI=1S/C31H40N6O9S/c1-7-17-14-31(17,28(40)36-47(43,44)20-9-10-20)35-25(38)23-13-19(15-37(23)27(39)24(30(3,4)5)34-29(41)42)46-26-16(2)32-21-11-8-18(45-6)12-22(21)33-26/h7-8,11-12,17,19-20,23-24,34H,1,9-10,13-15H2,2-6H3,(H,35,38)(H,36,40)(H,41,42)/t17-,19-,23+,24?,31-/m1/s1. The van der Waals surface area contributed by atoms with Crippen LogP contribution in [0.4, 0.5) is 4.79 Å². The SMILES string of the molecule is C=C[C@@H]1C[C@]1(NC(=O)[C@@H]1C[C@@H](Oc2nc3cc(OC)ccc3nc2C)CN1C(=O)C(NC(=O)O)C(C)(C)C)C(=O)NS(=O)(=O)C1CC1. The van der Waals surface area contributed by atoms with Gasteiger partial charge in [-0.25, -0.2) is 23.2 Å². The molecule has 5 rings (SSSR count). The molecular formula is C31H40N6O9S. The number of sulfonamides is 1. The fourth-order valence-electron chi connectivity index (χ4n) is 5.83. The second-order valence-electron chi connectivity index (χ2n) is 13.4. The lowest BCUT2D eigenvalue weighted by molar-refractivity contribution is -0.142. The molecule has 3 fully saturated rings. The Bertz CT molecular complexity index is 1740. The van der Waals surface area contributed by atoms with Gasteiger partial charge in [-0.2, -0.15) is 0 Å². The molecule has 0 radical (unpaired) electrons. The summed E-state index contributed by atoms with van der Waals surface area (Å²) in [4.78, 5) is 63.4. The first-order chi connectivity index (χ1) is 22.0. The van der Waals surface area contributed by atoms with Crippen molar-refractivity contribution < 1.29 is 42.2 Å². The number of methoxy groups -OCH3 is 1. The van der Waals surface area contributed by atoms with Crippen LogP contribution in [0.5, 0.6) is 11.6 Å². The second kappa shape index (κ2) is 12.3. The van der Waals surface area contributed by atoms with Gasteiger partial charge in [-0.05, 0) is 43.7 Å². The van der Waals surface area contributed by atoms with Crippen molar-refractivity contribution in [1.82, 2.24) is 30.2 Å². The van der Waals surface area contributed by atoms with Gasteiger partial charge >= 0.3 is 6.09 Å². The smallest absolute Gasteiger partial charge is 0.405 e. The van der Waals surface area contributed by atoms with Gasteiger partial charge in [0, 0.05) is 18.4 Å². The molecular weight excluding hydrogens is 632 g/mol. The summed E-state index contributed by atoms with van der Waals surface area (Å²) in [6.07, 6.45) is 0.261. The van der Waals surface area contributed by atoms with E-state index in [1.54, 1.807) is 45.9 Å². The number of hydrogen-bond acceptors (Lipinski definition) is 10. The summed E-state index contributed by atoms with van der Waals surface area (Å²) in [5.41, 5.74) is -0.874. The first-order valence-electron chi connectivity index (χ1n) is 15.3. The van der Waals surface area contributed by atoms with Crippen LogP contribution in [0.25, 0.3) is 11.0 Å². The van der Waals surface area contributed by atoms with Crippen molar-refractivity contribution in [3.05, 3.63) is 36.5 Å². The number of nitrogens with one attached hydrogen (secondary N) is 3. The minimum atomic E-state index is -3.90. The summed E-state index contributed by atoms with van der Waals surface area (Å²) in [6.45, 7) is 10.4. The predicted molar refractivity (Wildman–Crippen MR) is 169 cm³/mol.